The predicted octanol–water partition coefficient (Wildman–Crippen LogP) is 2.72. The van der Waals surface area contributed by atoms with Gasteiger partial charge in [0.1, 0.15) is 0 Å². The fraction of sp³-hybridized carbons (Fsp3) is 0.462. The molecular weight excluding hydrogens is 172 g/mol. The van der Waals surface area contributed by atoms with Crippen LogP contribution in [0.3, 0.4) is 0 Å². The maximum absolute atomic E-state index is 9.11. The van der Waals surface area contributed by atoms with Crippen molar-refractivity contribution < 1.29 is 5.11 Å². The van der Waals surface area contributed by atoms with Gasteiger partial charge < -0.3 is 5.11 Å². The van der Waals surface area contributed by atoms with Crippen molar-refractivity contribution in [2.75, 3.05) is 6.61 Å². The van der Waals surface area contributed by atoms with Gasteiger partial charge in [0.25, 0.3) is 0 Å². The normalized spacial score (nSPS) is 12.9. The molecule has 0 spiro atoms. The lowest BCUT2D eigenvalue weighted by Gasteiger charge is -2.16. The van der Waals surface area contributed by atoms with E-state index in [-0.39, 0.29) is 12.5 Å². The Labute approximate surface area is 86.8 Å². The third-order valence-electron chi connectivity index (χ3n) is 2.70. The summed E-state index contributed by atoms with van der Waals surface area (Å²) < 4.78 is 0. The second kappa shape index (κ2) is 5.16. The first kappa shape index (κ1) is 11.3. The van der Waals surface area contributed by atoms with E-state index in [1.165, 1.54) is 16.7 Å². The lowest BCUT2D eigenvalue weighted by molar-refractivity contribution is 0.282. The van der Waals surface area contributed by atoms with Gasteiger partial charge in [-0.1, -0.05) is 32.0 Å². The lowest BCUT2D eigenvalue weighted by atomic mass is 9.90. The quantitative estimate of drug-likeness (QED) is 0.776. The fourth-order valence-electron chi connectivity index (χ4n) is 1.90. The van der Waals surface area contributed by atoms with E-state index >= 15 is 0 Å². The molecule has 1 aromatic carbocycles. The SMILES string of the molecule is [CH2]C(CO)c1cccc(CC)c1CC. The van der Waals surface area contributed by atoms with Crippen LogP contribution in [0.1, 0.15) is 36.5 Å². The van der Waals surface area contributed by atoms with Crippen LogP contribution in [-0.4, -0.2) is 11.7 Å². The van der Waals surface area contributed by atoms with E-state index in [1.807, 2.05) is 0 Å². The Morgan fingerprint density at radius 1 is 1.29 bits per heavy atom. The minimum atomic E-state index is 0.0106. The maximum Gasteiger partial charge on any atom is 0.0499 e. The number of benzene rings is 1. The van der Waals surface area contributed by atoms with E-state index in [0.29, 0.717) is 0 Å². The Hall–Kier alpha value is -0.820. The molecule has 0 bridgehead atoms. The zero-order chi connectivity index (χ0) is 10.6. The number of rotatable bonds is 4. The standard InChI is InChI=1S/C13H19O/c1-4-11-7-6-8-13(10(3)9-14)12(11)5-2/h6-8,10,14H,3-5,9H2,1-2H3. The Balaban J connectivity index is 3.14. The van der Waals surface area contributed by atoms with Gasteiger partial charge in [-0.15, -0.1) is 0 Å². The molecule has 0 fully saturated rings. The van der Waals surface area contributed by atoms with Gasteiger partial charge in [-0.05, 0) is 36.5 Å². The van der Waals surface area contributed by atoms with Gasteiger partial charge in [0.15, 0.2) is 0 Å². The summed E-state index contributed by atoms with van der Waals surface area (Å²) in [6, 6.07) is 6.29. The summed E-state index contributed by atoms with van der Waals surface area (Å²) in [6.45, 7) is 8.40. The van der Waals surface area contributed by atoms with Crippen LogP contribution < -0.4 is 0 Å². The van der Waals surface area contributed by atoms with Crippen LogP contribution in [0, 0.1) is 6.92 Å². The van der Waals surface area contributed by atoms with Gasteiger partial charge in [-0.2, -0.15) is 0 Å². The fourth-order valence-corrected chi connectivity index (χ4v) is 1.90. The van der Waals surface area contributed by atoms with Crippen molar-refractivity contribution in [3.8, 4) is 0 Å². The Morgan fingerprint density at radius 2 is 2.00 bits per heavy atom. The third-order valence-corrected chi connectivity index (χ3v) is 2.70. The van der Waals surface area contributed by atoms with Crippen molar-refractivity contribution in [3.63, 3.8) is 0 Å². The molecule has 1 unspecified atom stereocenters. The van der Waals surface area contributed by atoms with Gasteiger partial charge >= 0.3 is 0 Å². The van der Waals surface area contributed by atoms with Crippen molar-refractivity contribution in [2.45, 2.75) is 32.6 Å². The molecule has 14 heavy (non-hydrogen) atoms. The first-order valence-electron chi connectivity index (χ1n) is 5.29. The molecule has 0 amide bonds. The van der Waals surface area contributed by atoms with Crippen LogP contribution in [0.2, 0.25) is 0 Å². The highest BCUT2D eigenvalue weighted by molar-refractivity contribution is 5.38. The highest BCUT2D eigenvalue weighted by Crippen LogP contribution is 2.23. The molecule has 1 aromatic rings. The van der Waals surface area contributed by atoms with Gasteiger partial charge in [0.2, 0.25) is 0 Å². The van der Waals surface area contributed by atoms with Crippen molar-refractivity contribution >= 4 is 0 Å². The molecule has 1 radical (unpaired) electrons. The minimum Gasteiger partial charge on any atom is -0.396 e. The number of aliphatic hydroxyl groups excluding tert-OH is 1. The highest BCUT2D eigenvalue weighted by atomic mass is 16.3. The smallest absolute Gasteiger partial charge is 0.0499 e. The Morgan fingerprint density at radius 3 is 2.50 bits per heavy atom. The first-order valence-corrected chi connectivity index (χ1v) is 5.29. The van der Waals surface area contributed by atoms with E-state index < -0.39 is 0 Å². The topological polar surface area (TPSA) is 20.2 Å². The molecule has 0 saturated carbocycles. The molecule has 0 aromatic heterocycles. The van der Waals surface area contributed by atoms with E-state index in [2.05, 4.69) is 39.0 Å². The van der Waals surface area contributed by atoms with Crippen LogP contribution in [0.4, 0.5) is 0 Å². The largest absolute Gasteiger partial charge is 0.396 e. The second-order valence-electron chi connectivity index (χ2n) is 3.57. The van der Waals surface area contributed by atoms with E-state index in [0.717, 1.165) is 12.8 Å². The summed E-state index contributed by atoms with van der Waals surface area (Å²) in [4.78, 5) is 0. The molecule has 1 heteroatoms. The maximum atomic E-state index is 9.11. The highest BCUT2D eigenvalue weighted by Gasteiger charge is 2.10. The van der Waals surface area contributed by atoms with Crippen LogP contribution in [-0.2, 0) is 12.8 Å². The third kappa shape index (κ3) is 2.16. The summed E-state index contributed by atoms with van der Waals surface area (Å²) in [5, 5.41) is 9.11. The molecule has 1 N–H and O–H groups in total. The second-order valence-corrected chi connectivity index (χ2v) is 3.57. The summed E-state index contributed by atoms with van der Waals surface area (Å²) in [5.74, 6) is 0.0106. The summed E-state index contributed by atoms with van der Waals surface area (Å²) >= 11 is 0. The Bertz CT molecular complexity index is 291. The van der Waals surface area contributed by atoms with Crippen molar-refractivity contribution in [1.82, 2.24) is 0 Å². The Kier molecular flexibility index (Phi) is 4.15. The number of aryl methyl sites for hydroxylation is 1. The average molecular weight is 191 g/mol. The molecule has 0 aliphatic heterocycles. The van der Waals surface area contributed by atoms with E-state index in [9.17, 15) is 0 Å². The predicted molar refractivity (Wildman–Crippen MR) is 60.4 cm³/mol. The van der Waals surface area contributed by atoms with Crippen LogP contribution in [0.25, 0.3) is 0 Å². The summed E-state index contributed by atoms with van der Waals surface area (Å²) in [5.41, 5.74) is 3.95. The average Bonchev–Trinajstić information content (AvgIpc) is 2.26. The molecule has 1 nitrogen and oxygen atoms in total. The molecule has 1 atom stereocenters. The molecular formula is C13H19O. The monoisotopic (exact) mass is 191 g/mol. The first-order chi connectivity index (χ1) is 6.74. The van der Waals surface area contributed by atoms with Gasteiger partial charge in [-0.25, -0.2) is 0 Å². The molecule has 77 valence electrons. The van der Waals surface area contributed by atoms with Crippen molar-refractivity contribution in [1.29, 1.82) is 0 Å². The van der Waals surface area contributed by atoms with Crippen LogP contribution in [0.15, 0.2) is 18.2 Å². The van der Waals surface area contributed by atoms with Crippen LogP contribution in [0.5, 0.6) is 0 Å². The van der Waals surface area contributed by atoms with E-state index in [4.69, 9.17) is 5.11 Å². The van der Waals surface area contributed by atoms with Gasteiger partial charge in [-0.3, -0.25) is 0 Å². The van der Waals surface area contributed by atoms with Crippen molar-refractivity contribution in [2.24, 2.45) is 0 Å². The van der Waals surface area contributed by atoms with Gasteiger partial charge in [0.05, 0.1) is 0 Å². The van der Waals surface area contributed by atoms with Crippen LogP contribution >= 0.6 is 0 Å². The molecule has 0 aliphatic carbocycles. The molecule has 0 aliphatic rings. The minimum absolute atomic E-state index is 0.0106. The van der Waals surface area contributed by atoms with E-state index in [1.54, 1.807) is 0 Å². The number of hydrogen-bond donors (Lipinski definition) is 1. The van der Waals surface area contributed by atoms with Gasteiger partial charge in [0, 0.05) is 12.5 Å². The molecule has 1 rings (SSSR count). The lowest BCUT2D eigenvalue weighted by Crippen LogP contribution is -2.05. The molecule has 0 saturated heterocycles. The number of aliphatic hydroxyl groups is 1. The van der Waals surface area contributed by atoms with Crippen molar-refractivity contribution in [3.05, 3.63) is 41.8 Å². The summed E-state index contributed by atoms with van der Waals surface area (Å²) in [7, 11) is 0. The number of hydrogen-bond acceptors (Lipinski definition) is 1. The summed E-state index contributed by atoms with van der Waals surface area (Å²) in [6.07, 6.45) is 2.07. The zero-order valence-corrected chi connectivity index (χ0v) is 9.09. The zero-order valence-electron chi connectivity index (χ0n) is 9.09. The molecule has 0 heterocycles.